The number of aromatic nitrogens is 1. The Labute approximate surface area is 84.4 Å². The molecule has 0 spiro atoms. The molecular weight excluding hydrogens is 180 g/mol. The summed E-state index contributed by atoms with van der Waals surface area (Å²) in [6.07, 6.45) is 5.69. The molecule has 1 heterocycles. The van der Waals surface area contributed by atoms with E-state index >= 15 is 0 Å². The van der Waals surface area contributed by atoms with Gasteiger partial charge in [-0.2, -0.15) is 0 Å². The molecule has 0 aromatic carbocycles. The summed E-state index contributed by atoms with van der Waals surface area (Å²) < 4.78 is 0. The van der Waals surface area contributed by atoms with Crippen LogP contribution in [0.4, 0.5) is 0 Å². The molecule has 0 fully saturated rings. The van der Waals surface area contributed by atoms with E-state index in [2.05, 4.69) is 24.1 Å². The highest BCUT2D eigenvalue weighted by Crippen LogP contribution is 2.07. The minimum Gasteiger partial charge on any atom is -0.309 e. The van der Waals surface area contributed by atoms with Crippen molar-refractivity contribution in [3.05, 3.63) is 16.6 Å². The molecule has 0 amide bonds. The molecule has 1 aromatic rings. The minimum absolute atomic E-state index is 0.673. The molecule has 0 aliphatic carbocycles. The summed E-state index contributed by atoms with van der Waals surface area (Å²) in [6.45, 7) is 5.44. The van der Waals surface area contributed by atoms with Crippen LogP contribution in [0.1, 0.15) is 38.0 Å². The molecule has 3 heteroatoms. The molecule has 74 valence electrons. The highest BCUT2D eigenvalue weighted by atomic mass is 32.1. The molecule has 0 aliphatic heterocycles. The zero-order valence-electron chi connectivity index (χ0n) is 8.42. The van der Waals surface area contributed by atoms with Gasteiger partial charge in [0.2, 0.25) is 0 Å². The fourth-order valence-corrected chi connectivity index (χ4v) is 1.92. The smallest absolute Gasteiger partial charge is 0.0794 e. The maximum absolute atomic E-state index is 4.05. The fraction of sp³-hybridized carbons (Fsp3) is 0.700. The van der Waals surface area contributed by atoms with Crippen molar-refractivity contribution in [3.8, 4) is 0 Å². The number of thiazole rings is 1. The second-order valence-corrected chi connectivity index (χ2v) is 4.21. The first-order valence-corrected chi connectivity index (χ1v) is 5.85. The predicted octanol–water partition coefficient (Wildman–Crippen LogP) is 2.81. The average Bonchev–Trinajstić information content (AvgIpc) is 2.64. The molecule has 1 N–H and O–H groups in total. The molecule has 0 saturated carbocycles. The molecule has 1 atom stereocenters. The maximum atomic E-state index is 4.05. The Bertz CT molecular complexity index is 209. The lowest BCUT2D eigenvalue weighted by Crippen LogP contribution is -2.27. The van der Waals surface area contributed by atoms with Crippen molar-refractivity contribution in [2.45, 2.75) is 45.7 Å². The Morgan fingerprint density at radius 2 is 2.38 bits per heavy atom. The van der Waals surface area contributed by atoms with Gasteiger partial charge in [0.15, 0.2) is 0 Å². The van der Waals surface area contributed by atoms with E-state index in [9.17, 15) is 0 Å². The summed E-state index contributed by atoms with van der Waals surface area (Å²) in [7, 11) is 0. The van der Waals surface area contributed by atoms with Crippen LogP contribution in [0.15, 0.2) is 11.7 Å². The normalized spacial score (nSPS) is 13.1. The van der Waals surface area contributed by atoms with Crippen molar-refractivity contribution in [2.75, 3.05) is 0 Å². The second kappa shape index (κ2) is 6.11. The van der Waals surface area contributed by atoms with Crippen molar-refractivity contribution < 1.29 is 0 Å². The van der Waals surface area contributed by atoms with Crippen LogP contribution in [0.5, 0.6) is 0 Å². The van der Waals surface area contributed by atoms with Crippen molar-refractivity contribution in [3.63, 3.8) is 0 Å². The molecule has 0 saturated heterocycles. The highest BCUT2D eigenvalue weighted by Gasteiger charge is 2.03. The lowest BCUT2D eigenvalue weighted by atomic mass is 10.1. The third-order valence-corrected chi connectivity index (χ3v) is 2.96. The van der Waals surface area contributed by atoms with Gasteiger partial charge in [-0.05, 0) is 12.8 Å². The van der Waals surface area contributed by atoms with E-state index in [-0.39, 0.29) is 0 Å². The largest absolute Gasteiger partial charge is 0.309 e. The quantitative estimate of drug-likeness (QED) is 0.760. The lowest BCUT2D eigenvalue weighted by Gasteiger charge is -2.14. The van der Waals surface area contributed by atoms with Gasteiger partial charge in [-0.3, -0.25) is 4.98 Å². The Balaban J connectivity index is 2.23. The number of hydrogen-bond donors (Lipinski definition) is 1. The Morgan fingerprint density at radius 1 is 1.54 bits per heavy atom. The summed E-state index contributed by atoms with van der Waals surface area (Å²) in [5, 5.41) is 3.54. The first-order valence-electron chi connectivity index (χ1n) is 4.97. The van der Waals surface area contributed by atoms with E-state index < -0.39 is 0 Å². The zero-order valence-corrected chi connectivity index (χ0v) is 9.23. The number of nitrogens with one attached hydrogen (secondary N) is 1. The van der Waals surface area contributed by atoms with E-state index in [1.807, 2.05) is 11.7 Å². The van der Waals surface area contributed by atoms with Gasteiger partial charge in [-0.25, -0.2) is 0 Å². The number of nitrogens with zero attached hydrogens (tertiary/aromatic N) is 1. The van der Waals surface area contributed by atoms with Gasteiger partial charge in [-0.15, -0.1) is 11.3 Å². The van der Waals surface area contributed by atoms with Crippen molar-refractivity contribution in [1.29, 1.82) is 0 Å². The van der Waals surface area contributed by atoms with Crippen LogP contribution in [0.3, 0.4) is 0 Å². The van der Waals surface area contributed by atoms with Crippen molar-refractivity contribution >= 4 is 11.3 Å². The molecular formula is C10H18N2S. The SMILES string of the molecule is CCCC(CC)NCc1cncs1. The number of rotatable bonds is 6. The lowest BCUT2D eigenvalue weighted by molar-refractivity contribution is 0.464. The van der Waals surface area contributed by atoms with E-state index in [1.54, 1.807) is 11.3 Å². The first-order chi connectivity index (χ1) is 6.36. The van der Waals surface area contributed by atoms with Gasteiger partial charge in [0, 0.05) is 23.7 Å². The highest BCUT2D eigenvalue weighted by molar-refractivity contribution is 7.09. The van der Waals surface area contributed by atoms with Crippen LogP contribution < -0.4 is 5.32 Å². The molecule has 13 heavy (non-hydrogen) atoms. The zero-order chi connectivity index (χ0) is 9.52. The summed E-state index contributed by atoms with van der Waals surface area (Å²) in [5.41, 5.74) is 1.89. The Hall–Kier alpha value is -0.410. The van der Waals surface area contributed by atoms with Crippen LogP contribution in [0.25, 0.3) is 0 Å². The molecule has 2 nitrogen and oxygen atoms in total. The third-order valence-electron chi connectivity index (χ3n) is 2.18. The maximum Gasteiger partial charge on any atom is 0.0794 e. The summed E-state index contributed by atoms with van der Waals surface area (Å²) in [6, 6.07) is 0.673. The van der Waals surface area contributed by atoms with E-state index in [0.717, 1.165) is 6.54 Å². The topological polar surface area (TPSA) is 24.9 Å². The molecule has 0 aliphatic rings. The summed E-state index contributed by atoms with van der Waals surface area (Å²) in [5.74, 6) is 0. The van der Waals surface area contributed by atoms with Gasteiger partial charge >= 0.3 is 0 Å². The van der Waals surface area contributed by atoms with Gasteiger partial charge in [0.1, 0.15) is 0 Å². The van der Waals surface area contributed by atoms with Gasteiger partial charge in [0.25, 0.3) is 0 Å². The van der Waals surface area contributed by atoms with Crippen molar-refractivity contribution in [2.24, 2.45) is 0 Å². The van der Waals surface area contributed by atoms with Gasteiger partial charge < -0.3 is 5.32 Å². The van der Waals surface area contributed by atoms with Gasteiger partial charge in [-0.1, -0.05) is 20.3 Å². The number of hydrogen-bond acceptors (Lipinski definition) is 3. The average molecular weight is 198 g/mol. The predicted molar refractivity (Wildman–Crippen MR) is 57.9 cm³/mol. The van der Waals surface area contributed by atoms with E-state index in [4.69, 9.17) is 0 Å². The molecule has 1 rings (SSSR count). The summed E-state index contributed by atoms with van der Waals surface area (Å²) in [4.78, 5) is 5.38. The third kappa shape index (κ3) is 3.87. The van der Waals surface area contributed by atoms with Crippen molar-refractivity contribution in [1.82, 2.24) is 10.3 Å². The molecule has 1 unspecified atom stereocenters. The molecule has 0 radical (unpaired) electrons. The standard InChI is InChI=1S/C10H18N2S/c1-3-5-9(4-2)12-7-10-6-11-8-13-10/h6,8-9,12H,3-5,7H2,1-2H3. The monoisotopic (exact) mass is 198 g/mol. The van der Waals surface area contributed by atoms with E-state index in [1.165, 1.54) is 24.1 Å². The van der Waals surface area contributed by atoms with E-state index in [0.29, 0.717) is 6.04 Å². The van der Waals surface area contributed by atoms with Gasteiger partial charge in [0.05, 0.1) is 5.51 Å². The minimum atomic E-state index is 0.673. The van der Waals surface area contributed by atoms with Crippen LogP contribution in [-0.4, -0.2) is 11.0 Å². The fourth-order valence-electron chi connectivity index (χ4n) is 1.37. The van der Waals surface area contributed by atoms with Crippen LogP contribution in [-0.2, 0) is 6.54 Å². The van der Waals surface area contributed by atoms with Crippen LogP contribution >= 0.6 is 11.3 Å². The van der Waals surface area contributed by atoms with Crippen LogP contribution in [0.2, 0.25) is 0 Å². The van der Waals surface area contributed by atoms with Crippen LogP contribution in [0, 0.1) is 0 Å². The molecule has 1 aromatic heterocycles. The Morgan fingerprint density at radius 3 is 2.92 bits per heavy atom. The molecule has 0 bridgehead atoms. The first kappa shape index (κ1) is 10.7. The summed E-state index contributed by atoms with van der Waals surface area (Å²) >= 11 is 1.72. The Kier molecular flexibility index (Phi) is 5.01. The second-order valence-electron chi connectivity index (χ2n) is 3.24.